The third kappa shape index (κ3) is 3.28. The van der Waals surface area contributed by atoms with Crippen LogP contribution in [-0.2, 0) is 28.2 Å². The zero-order chi connectivity index (χ0) is 30.8. The molecule has 0 bridgehead atoms. The van der Waals surface area contributed by atoms with Gasteiger partial charge in [0.15, 0.2) is 0 Å². The van der Waals surface area contributed by atoms with Gasteiger partial charge in [-0.2, -0.15) is 0 Å². The number of para-hydroxylation sites is 2. The summed E-state index contributed by atoms with van der Waals surface area (Å²) in [4.78, 5) is 0. The van der Waals surface area contributed by atoms with E-state index in [-0.39, 0.29) is 0 Å². The van der Waals surface area contributed by atoms with Gasteiger partial charge in [0.1, 0.15) is 0 Å². The number of aromatic nitrogens is 4. The molecule has 0 unspecified atom stereocenters. The standard InChI is InChI=1S/C42H32N4/c1-43-35-11-7-5-9-27(35)31-21-41-33(23-39(31)43)29-19-25(15-17-37(29)45(41)3)13-14-26-16-18-38-30(20-26)34-24-40-32(22-42(34)46(38)4)28-10-6-8-12-36(28)44(40)2/h5-24H,1-4H3/b14-13+. The Kier molecular flexibility index (Phi) is 4.96. The van der Waals surface area contributed by atoms with Gasteiger partial charge in [0, 0.05) is 115 Å². The minimum atomic E-state index is 1.20. The van der Waals surface area contributed by atoms with Crippen molar-refractivity contribution in [3.8, 4) is 0 Å². The number of hydrogen-bond donors (Lipinski definition) is 0. The SMILES string of the molecule is Cn1c2ccccc2c2cc3c(cc21)c1cc(/C=C/c2ccc4c(c2)c2cc5c(cc2n4C)c2ccccc2n5C)ccc1n3C. The number of aryl methyl sites for hydroxylation is 4. The average molecular weight is 593 g/mol. The molecule has 0 aliphatic heterocycles. The van der Waals surface area contributed by atoms with Gasteiger partial charge in [-0.3, -0.25) is 0 Å². The third-order valence-electron chi connectivity index (χ3n) is 10.6. The molecule has 4 heteroatoms. The topological polar surface area (TPSA) is 19.7 Å². The van der Waals surface area contributed by atoms with E-state index < -0.39 is 0 Å². The molecule has 46 heavy (non-hydrogen) atoms. The molecule has 0 atom stereocenters. The summed E-state index contributed by atoms with van der Waals surface area (Å²) in [6.45, 7) is 0. The van der Waals surface area contributed by atoms with Crippen molar-refractivity contribution in [2.75, 3.05) is 0 Å². The Hall–Kier alpha value is -5.74. The van der Waals surface area contributed by atoms with E-state index in [1.54, 1.807) is 0 Å². The van der Waals surface area contributed by atoms with E-state index in [2.05, 4.69) is 168 Å². The van der Waals surface area contributed by atoms with E-state index in [1.807, 2.05) is 0 Å². The normalized spacial score (nSPS) is 12.7. The van der Waals surface area contributed by atoms with E-state index in [1.165, 1.54) is 98.4 Å². The molecule has 0 aliphatic carbocycles. The van der Waals surface area contributed by atoms with Crippen LogP contribution in [0.4, 0.5) is 0 Å². The van der Waals surface area contributed by atoms with Gasteiger partial charge >= 0.3 is 0 Å². The summed E-state index contributed by atoms with van der Waals surface area (Å²) in [6.07, 6.45) is 4.50. The fourth-order valence-electron chi connectivity index (χ4n) is 8.16. The molecule has 0 radical (unpaired) electrons. The maximum absolute atomic E-state index is 2.38. The number of benzene rings is 6. The van der Waals surface area contributed by atoms with Crippen molar-refractivity contribution < 1.29 is 0 Å². The first-order valence-electron chi connectivity index (χ1n) is 15.9. The highest BCUT2D eigenvalue weighted by Gasteiger charge is 2.16. The molecule has 220 valence electrons. The van der Waals surface area contributed by atoms with E-state index in [9.17, 15) is 0 Å². The fraction of sp³-hybridized carbons (Fsp3) is 0.0952. The van der Waals surface area contributed by atoms with Crippen molar-refractivity contribution in [2.45, 2.75) is 0 Å². The molecule has 0 aliphatic rings. The van der Waals surface area contributed by atoms with E-state index in [0.717, 1.165) is 0 Å². The summed E-state index contributed by atoms with van der Waals surface area (Å²) in [6, 6.07) is 40.6. The van der Waals surface area contributed by atoms with Crippen molar-refractivity contribution in [3.63, 3.8) is 0 Å². The van der Waals surface area contributed by atoms with Crippen LogP contribution >= 0.6 is 0 Å². The average Bonchev–Trinajstić information content (AvgIpc) is 3.74. The van der Waals surface area contributed by atoms with Gasteiger partial charge in [0.05, 0.1) is 0 Å². The number of hydrogen-bond acceptors (Lipinski definition) is 0. The zero-order valence-electron chi connectivity index (χ0n) is 26.3. The molecular formula is C42H32N4. The van der Waals surface area contributed by atoms with Crippen LogP contribution in [0.15, 0.2) is 109 Å². The minimum absolute atomic E-state index is 1.20. The molecule has 0 amide bonds. The Morgan fingerprint density at radius 1 is 0.304 bits per heavy atom. The second-order valence-corrected chi connectivity index (χ2v) is 12.9. The quantitative estimate of drug-likeness (QED) is 0.178. The lowest BCUT2D eigenvalue weighted by Crippen LogP contribution is -1.87. The molecular weight excluding hydrogens is 560 g/mol. The Bertz CT molecular complexity index is 2750. The van der Waals surface area contributed by atoms with Crippen LogP contribution in [0, 0.1) is 0 Å². The Morgan fingerprint density at radius 3 is 1.00 bits per heavy atom. The van der Waals surface area contributed by atoms with E-state index in [4.69, 9.17) is 0 Å². The van der Waals surface area contributed by atoms with Crippen molar-refractivity contribution >= 4 is 99.4 Å². The molecule has 4 nitrogen and oxygen atoms in total. The highest BCUT2D eigenvalue weighted by molar-refractivity contribution is 6.19. The lowest BCUT2D eigenvalue weighted by atomic mass is 10.0. The second-order valence-electron chi connectivity index (χ2n) is 12.9. The number of fused-ring (bicyclic) bond motifs is 12. The van der Waals surface area contributed by atoms with Crippen molar-refractivity contribution in [3.05, 3.63) is 120 Å². The largest absolute Gasteiger partial charge is 0.344 e. The summed E-state index contributed by atoms with van der Waals surface area (Å²) in [7, 11) is 8.71. The summed E-state index contributed by atoms with van der Waals surface area (Å²) in [5.74, 6) is 0. The lowest BCUT2D eigenvalue weighted by Gasteiger charge is -2.00. The first-order chi connectivity index (χ1) is 22.5. The van der Waals surface area contributed by atoms with Crippen LogP contribution < -0.4 is 0 Å². The van der Waals surface area contributed by atoms with Crippen LogP contribution in [0.5, 0.6) is 0 Å². The van der Waals surface area contributed by atoms with Crippen molar-refractivity contribution in [1.82, 2.24) is 18.3 Å². The van der Waals surface area contributed by atoms with Gasteiger partial charge < -0.3 is 18.3 Å². The van der Waals surface area contributed by atoms with Crippen molar-refractivity contribution in [2.24, 2.45) is 28.2 Å². The van der Waals surface area contributed by atoms with Crippen LogP contribution in [0.25, 0.3) is 99.4 Å². The first kappa shape index (κ1) is 25.6. The van der Waals surface area contributed by atoms with Gasteiger partial charge in [0.2, 0.25) is 0 Å². The minimum Gasteiger partial charge on any atom is -0.344 e. The molecule has 0 fully saturated rings. The van der Waals surface area contributed by atoms with Gasteiger partial charge in [-0.1, -0.05) is 60.7 Å². The molecule has 10 rings (SSSR count). The molecule has 0 saturated carbocycles. The van der Waals surface area contributed by atoms with Crippen LogP contribution in [0.2, 0.25) is 0 Å². The van der Waals surface area contributed by atoms with E-state index in [0.29, 0.717) is 0 Å². The van der Waals surface area contributed by atoms with Crippen LogP contribution in [0.3, 0.4) is 0 Å². The molecule has 0 N–H and O–H groups in total. The fourth-order valence-corrected chi connectivity index (χ4v) is 8.16. The second kappa shape index (κ2) is 8.92. The van der Waals surface area contributed by atoms with Crippen molar-refractivity contribution in [1.29, 1.82) is 0 Å². The molecule has 0 spiro atoms. The predicted octanol–water partition coefficient (Wildman–Crippen LogP) is 10.4. The van der Waals surface area contributed by atoms with Crippen LogP contribution in [-0.4, -0.2) is 18.3 Å². The highest BCUT2D eigenvalue weighted by atomic mass is 15.0. The Balaban J connectivity index is 1.10. The molecule has 6 aromatic carbocycles. The van der Waals surface area contributed by atoms with Crippen LogP contribution in [0.1, 0.15) is 11.1 Å². The lowest BCUT2D eigenvalue weighted by molar-refractivity contribution is 1.01. The summed E-state index contributed by atoms with van der Waals surface area (Å²) in [5.41, 5.74) is 12.5. The molecule has 0 saturated heterocycles. The predicted molar refractivity (Wildman–Crippen MR) is 198 cm³/mol. The molecule has 4 aromatic heterocycles. The first-order valence-corrected chi connectivity index (χ1v) is 15.9. The maximum atomic E-state index is 2.38. The summed E-state index contributed by atoms with van der Waals surface area (Å²) in [5, 5.41) is 10.4. The molecule has 10 aromatic rings. The third-order valence-corrected chi connectivity index (χ3v) is 10.6. The highest BCUT2D eigenvalue weighted by Crippen LogP contribution is 2.38. The van der Waals surface area contributed by atoms with Gasteiger partial charge in [0.25, 0.3) is 0 Å². The summed E-state index contributed by atoms with van der Waals surface area (Å²) >= 11 is 0. The summed E-state index contributed by atoms with van der Waals surface area (Å²) < 4.78 is 9.31. The van der Waals surface area contributed by atoms with Gasteiger partial charge in [-0.15, -0.1) is 0 Å². The Labute approximate surface area is 265 Å². The monoisotopic (exact) mass is 592 g/mol. The van der Waals surface area contributed by atoms with Gasteiger partial charge in [-0.05, 0) is 71.8 Å². The number of nitrogens with zero attached hydrogens (tertiary/aromatic N) is 4. The maximum Gasteiger partial charge on any atom is 0.0496 e. The van der Waals surface area contributed by atoms with E-state index >= 15 is 0 Å². The Morgan fingerprint density at radius 2 is 0.609 bits per heavy atom. The number of rotatable bonds is 2. The smallest absolute Gasteiger partial charge is 0.0496 e. The zero-order valence-corrected chi connectivity index (χ0v) is 26.3. The molecule has 4 heterocycles. The van der Waals surface area contributed by atoms with Gasteiger partial charge in [-0.25, -0.2) is 0 Å².